The molecule has 1 heterocycles. The van der Waals surface area contributed by atoms with E-state index in [0.717, 1.165) is 0 Å². The average Bonchev–Trinajstić information content (AvgIpc) is 2.30. The quantitative estimate of drug-likeness (QED) is 0.822. The number of benzene rings is 1. The molecule has 0 aliphatic heterocycles. The first-order valence-electron chi connectivity index (χ1n) is 4.81. The zero-order valence-electron chi connectivity index (χ0n) is 8.85. The molecule has 1 aromatic heterocycles. The summed E-state index contributed by atoms with van der Waals surface area (Å²) in [5.74, 6) is -2.20. The minimum atomic E-state index is -0.885. The van der Waals surface area contributed by atoms with E-state index in [1.54, 1.807) is 12.1 Å². The number of hydrogen-bond acceptors (Lipinski definition) is 3. The number of nitrogens with zero attached hydrogens (tertiary/aromatic N) is 1. The highest BCUT2D eigenvalue weighted by molar-refractivity contribution is 9.11. The molecule has 1 aromatic carbocycles. The summed E-state index contributed by atoms with van der Waals surface area (Å²) < 4.78 is 27.9. The van der Waals surface area contributed by atoms with Crippen LogP contribution in [-0.2, 0) is 0 Å². The summed E-state index contributed by atoms with van der Waals surface area (Å²) in [4.78, 5) is 3.62. The van der Waals surface area contributed by atoms with Gasteiger partial charge in [-0.15, -0.1) is 0 Å². The second-order valence-corrected chi connectivity index (χ2v) is 5.12. The Hall–Kier alpha value is -1.21. The SMILES string of the molecule is Nc1nc(Nc2c(Br)cccc2Br)c(F)cc1F. The summed E-state index contributed by atoms with van der Waals surface area (Å²) in [5.41, 5.74) is 5.88. The van der Waals surface area contributed by atoms with Gasteiger partial charge in [-0.3, -0.25) is 0 Å². The van der Waals surface area contributed by atoms with Gasteiger partial charge in [0.2, 0.25) is 0 Å². The molecule has 0 saturated carbocycles. The summed E-state index contributed by atoms with van der Waals surface area (Å²) in [6, 6.07) is 6.05. The van der Waals surface area contributed by atoms with Gasteiger partial charge in [0, 0.05) is 15.0 Å². The molecule has 0 unspecified atom stereocenters. The minimum absolute atomic E-state index is 0.137. The van der Waals surface area contributed by atoms with Crippen LogP contribution in [0.15, 0.2) is 33.2 Å². The highest BCUT2D eigenvalue weighted by atomic mass is 79.9. The number of aromatic nitrogens is 1. The molecule has 18 heavy (non-hydrogen) atoms. The second kappa shape index (κ2) is 5.19. The number of nitrogen functional groups attached to an aromatic ring is 1. The van der Waals surface area contributed by atoms with Crippen LogP contribution in [0.5, 0.6) is 0 Å². The smallest absolute Gasteiger partial charge is 0.169 e. The molecule has 0 bridgehead atoms. The Bertz CT molecular complexity index is 585. The lowest BCUT2D eigenvalue weighted by atomic mass is 10.3. The number of hydrogen-bond donors (Lipinski definition) is 2. The third-order valence-corrected chi connectivity index (χ3v) is 3.48. The van der Waals surface area contributed by atoms with E-state index in [9.17, 15) is 8.78 Å². The molecule has 0 radical (unpaired) electrons. The first-order chi connectivity index (χ1) is 8.49. The van der Waals surface area contributed by atoms with Crippen molar-refractivity contribution < 1.29 is 8.78 Å². The Labute approximate surface area is 119 Å². The monoisotopic (exact) mass is 377 g/mol. The van der Waals surface area contributed by atoms with Gasteiger partial charge in [-0.1, -0.05) is 6.07 Å². The standard InChI is InChI=1S/C11H7Br2F2N3/c12-5-2-1-3-6(13)9(5)17-11-8(15)4-7(14)10(16)18-11/h1-4H,(H3,16,17,18). The first-order valence-corrected chi connectivity index (χ1v) is 6.40. The topological polar surface area (TPSA) is 50.9 Å². The van der Waals surface area contributed by atoms with Crippen molar-refractivity contribution >= 4 is 49.2 Å². The van der Waals surface area contributed by atoms with E-state index in [0.29, 0.717) is 20.7 Å². The Morgan fingerprint density at radius 1 is 1.11 bits per heavy atom. The number of pyridine rings is 1. The van der Waals surface area contributed by atoms with Crippen LogP contribution in [0.3, 0.4) is 0 Å². The highest BCUT2D eigenvalue weighted by Gasteiger charge is 2.12. The van der Waals surface area contributed by atoms with E-state index in [1.807, 2.05) is 6.07 Å². The molecule has 0 spiro atoms. The summed E-state index contributed by atoms with van der Waals surface area (Å²) >= 11 is 6.63. The lowest BCUT2D eigenvalue weighted by Crippen LogP contribution is -2.03. The molecular weight excluding hydrogens is 372 g/mol. The fourth-order valence-electron chi connectivity index (χ4n) is 1.30. The van der Waals surface area contributed by atoms with Gasteiger partial charge in [-0.05, 0) is 44.0 Å². The van der Waals surface area contributed by atoms with Crippen molar-refractivity contribution in [1.82, 2.24) is 4.98 Å². The van der Waals surface area contributed by atoms with Crippen molar-refractivity contribution in [3.63, 3.8) is 0 Å². The molecule has 0 saturated heterocycles. The Morgan fingerprint density at radius 3 is 2.33 bits per heavy atom. The van der Waals surface area contributed by atoms with Crippen LogP contribution in [0.2, 0.25) is 0 Å². The molecule has 0 atom stereocenters. The van der Waals surface area contributed by atoms with E-state index in [-0.39, 0.29) is 11.6 Å². The van der Waals surface area contributed by atoms with Crippen molar-refractivity contribution in [2.24, 2.45) is 0 Å². The number of nitrogens with one attached hydrogen (secondary N) is 1. The van der Waals surface area contributed by atoms with Crippen LogP contribution in [-0.4, -0.2) is 4.98 Å². The molecule has 2 aromatic rings. The highest BCUT2D eigenvalue weighted by Crippen LogP contribution is 2.33. The molecule has 0 aliphatic rings. The molecule has 7 heteroatoms. The van der Waals surface area contributed by atoms with Crippen LogP contribution in [0, 0.1) is 11.6 Å². The van der Waals surface area contributed by atoms with E-state index >= 15 is 0 Å². The Morgan fingerprint density at radius 2 is 1.72 bits per heavy atom. The zero-order valence-corrected chi connectivity index (χ0v) is 12.0. The van der Waals surface area contributed by atoms with Gasteiger partial charge in [0.15, 0.2) is 23.3 Å². The third-order valence-electron chi connectivity index (χ3n) is 2.16. The van der Waals surface area contributed by atoms with Gasteiger partial charge in [-0.25, -0.2) is 13.8 Å². The van der Waals surface area contributed by atoms with Gasteiger partial charge in [-0.2, -0.15) is 0 Å². The predicted octanol–water partition coefficient (Wildman–Crippen LogP) is 4.21. The fourth-order valence-corrected chi connectivity index (χ4v) is 2.50. The fraction of sp³-hybridized carbons (Fsp3) is 0. The summed E-state index contributed by atoms with van der Waals surface area (Å²) in [6.45, 7) is 0. The number of nitrogens with two attached hydrogens (primary N) is 1. The summed E-state index contributed by atoms with van der Waals surface area (Å²) in [5, 5.41) is 2.75. The van der Waals surface area contributed by atoms with Crippen LogP contribution in [0.1, 0.15) is 0 Å². The van der Waals surface area contributed by atoms with Crippen LogP contribution in [0.25, 0.3) is 0 Å². The maximum absolute atomic E-state index is 13.5. The van der Waals surface area contributed by atoms with E-state index < -0.39 is 11.6 Å². The lowest BCUT2D eigenvalue weighted by molar-refractivity contribution is 0.581. The Kier molecular flexibility index (Phi) is 3.82. The van der Waals surface area contributed by atoms with E-state index in [1.165, 1.54) is 0 Å². The van der Waals surface area contributed by atoms with E-state index in [2.05, 4.69) is 42.2 Å². The van der Waals surface area contributed by atoms with Crippen molar-refractivity contribution in [2.75, 3.05) is 11.1 Å². The van der Waals surface area contributed by atoms with Crippen molar-refractivity contribution in [1.29, 1.82) is 0 Å². The zero-order chi connectivity index (χ0) is 13.3. The molecule has 3 N–H and O–H groups in total. The van der Waals surface area contributed by atoms with Crippen LogP contribution < -0.4 is 11.1 Å². The maximum Gasteiger partial charge on any atom is 0.169 e. The number of rotatable bonds is 2. The molecule has 94 valence electrons. The molecule has 0 aliphatic carbocycles. The van der Waals surface area contributed by atoms with Crippen molar-refractivity contribution in [3.8, 4) is 0 Å². The van der Waals surface area contributed by atoms with Gasteiger partial charge < -0.3 is 11.1 Å². The summed E-state index contributed by atoms with van der Waals surface area (Å²) in [7, 11) is 0. The molecule has 3 nitrogen and oxygen atoms in total. The van der Waals surface area contributed by atoms with E-state index in [4.69, 9.17) is 5.73 Å². The van der Waals surface area contributed by atoms with Gasteiger partial charge in [0.1, 0.15) is 0 Å². The Balaban J connectivity index is 2.43. The largest absolute Gasteiger partial charge is 0.381 e. The maximum atomic E-state index is 13.5. The molecule has 0 amide bonds. The number of para-hydroxylation sites is 1. The molecule has 2 rings (SSSR count). The summed E-state index contributed by atoms with van der Waals surface area (Å²) in [6.07, 6.45) is 0. The average molecular weight is 379 g/mol. The molecule has 0 fully saturated rings. The third kappa shape index (κ3) is 2.62. The predicted molar refractivity (Wildman–Crippen MR) is 73.7 cm³/mol. The number of halogens is 4. The first kappa shape index (κ1) is 13.2. The van der Waals surface area contributed by atoms with Gasteiger partial charge in [0.25, 0.3) is 0 Å². The van der Waals surface area contributed by atoms with Crippen molar-refractivity contribution in [2.45, 2.75) is 0 Å². The van der Waals surface area contributed by atoms with Crippen LogP contribution >= 0.6 is 31.9 Å². The lowest BCUT2D eigenvalue weighted by Gasteiger charge is -2.11. The van der Waals surface area contributed by atoms with Gasteiger partial charge in [0.05, 0.1) is 5.69 Å². The molecular formula is C11H7Br2F2N3. The van der Waals surface area contributed by atoms with Crippen molar-refractivity contribution in [3.05, 3.63) is 44.8 Å². The normalized spacial score (nSPS) is 10.4. The minimum Gasteiger partial charge on any atom is -0.381 e. The number of anilines is 3. The second-order valence-electron chi connectivity index (χ2n) is 3.41. The van der Waals surface area contributed by atoms with Crippen LogP contribution in [0.4, 0.5) is 26.1 Å². The van der Waals surface area contributed by atoms with Gasteiger partial charge >= 0.3 is 0 Å².